The average molecular weight is 190 g/mol. The summed E-state index contributed by atoms with van der Waals surface area (Å²) in [5, 5.41) is 7.79. The summed E-state index contributed by atoms with van der Waals surface area (Å²) in [5.74, 6) is 0.542. The van der Waals surface area contributed by atoms with Crippen molar-refractivity contribution in [2.75, 3.05) is 7.05 Å². The van der Waals surface area contributed by atoms with Crippen LogP contribution in [-0.2, 0) is 0 Å². The van der Waals surface area contributed by atoms with Crippen molar-refractivity contribution in [3.63, 3.8) is 0 Å². The lowest BCUT2D eigenvalue weighted by atomic mass is 10.3. The molecule has 0 aliphatic carbocycles. The van der Waals surface area contributed by atoms with Crippen molar-refractivity contribution in [3.05, 3.63) is 24.3 Å². The molecule has 0 atom stereocenters. The third-order valence-corrected chi connectivity index (χ3v) is 1.85. The third kappa shape index (κ3) is 1.44. The number of para-hydroxylation sites is 1. The Kier molecular flexibility index (Phi) is 2.14. The van der Waals surface area contributed by atoms with Gasteiger partial charge in [-0.2, -0.15) is 0 Å². The molecule has 2 rings (SSSR count). The second kappa shape index (κ2) is 3.45. The van der Waals surface area contributed by atoms with Crippen LogP contribution in [0.1, 0.15) is 6.92 Å². The maximum absolute atomic E-state index is 5.31. The van der Waals surface area contributed by atoms with Crippen LogP contribution in [0.4, 0.5) is 0 Å². The molecule has 1 aromatic heterocycles. The van der Waals surface area contributed by atoms with Crippen LogP contribution in [0.25, 0.3) is 11.0 Å². The predicted octanol–water partition coefficient (Wildman–Crippen LogP) is 0.908. The Labute approximate surface area is 81.0 Å². The number of rotatable bonds is 1. The summed E-state index contributed by atoms with van der Waals surface area (Å²) in [6, 6.07) is 7.57. The number of fused-ring (bicyclic) bond motifs is 1. The van der Waals surface area contributed by atoms with Gasteiger partial charge in [-0.3, -0.25) is 4.99 Å². The minimum absolute atomic E-state index is 0.542. The number of hydrogen-bond donors (Lipinski definition) is 0. The van der Waals surface area contributed by atoms with Gasteiger partial charge in [-0.15, -0.1) is 5.10 Å². The maximum Gasteiger partial charge on any atom is 0.216 e. The van der Waals surface area contributed by atoms with Gasteiger partial charge in [0, 0.05) is 14.0 Å². The van der Waals surface area contributed by atoms with Crippen molar-refractivity contribution in [2.24, 2.45) is 4.99 Å². The van der Waals surface area contributed by atoms with Crippen LogP contribution in [0.5, 0.6) is 0 Å². The molecular formula is C9H10N4O. The molecule has 0 aliphatic rings. The lowest BCUT2D eigenvalue weighted by Gasteiger charge is -2.01. The average Bonchev–Trinajstić information content (AvgIpc) is 2.62. The Morgan fingerprint density at radius 1 is 1.43 bits per heavy atom. The minimum atomic E-state index is 0.542. The fourth-order valence-electron chi connectivity index (χ4n) is 1.08. The minimum Gasteiger partial charge on any atom is -0.341 e. The molecule has 0 aliphatic heterocycles. The summed E-state index contributed by atoms with van der Waals surface area (Å²) >= 11 is 0. The Morgan fingerprint density at radius 2 is 2.21 bits per heavy atom. The van der Waals surface area contributed by atoms with E-state index >= 15 is 0 Å². The van der Waals surface area contributed by atoms with Crippen molar-refractivity contribution < 1.29 is 4.84 Å². The van der Waals surface area contributed by atoms with Crippen molar-refractivity contribution in [2.45, 2.75) is 6.92 Å². The molecule has 0 fully saturated rings. The Hall–Kier alpha value is -1.91. The van der Waals surface area contributed by atoms with Gasteiger partial charge in [-0.25, -0.2) is 0 Å². The van der Waals surface area contributed by atoms with Crippen molar-refractivity contribution >= 4 is 16.9 Å². The topological polar surface area (TPSA) is 52.3 Å². The van der Waals surface area contributed by atoms with Crippen LogP contribution in [-0.4, -0.2) is 28.1 Å². The first kappa shape index (κ1) is 8.68. The van der Waals surface area contributed by atoms with Gasteiger partial charge in [-0.1, -0.05) is 17.0 Å². The van der Waals surface area contributed by atoms with E-state index in [0.717, 1.165) is 11.0 Å². The molecule has 0 amide bonds. The largest absolute Gasteiger partial charge is 0.341 e. The van der Waals surface area contributed by atoms with E-state index in [-0.39, 0.29) is 0 Å². The molecule has 0 bridgehead atoms. The van der Waals surface area contributed by atoms with E-state index < -0.39 is 0 Å². The van der Waals surface area contributed by atoms with E-state index in [1.807, 2.05) is 24.3 Å². The van der Waals surface area contributed by atoms with Gasteiger partial charge in [-0.05, 0) is 17.3 Å². The first-order valence-electron chi connectivity index (χ1n) is 4.23. The molecule has 0 spiro atoms. The summed E-state index contributed by atoms with van der Waals surface area (Å²) in [5.41, 5.74) is 1.63. The molecule has 1 heterocycles. The van der Waals surface area contributed by atoms with Gasteiger partial charge in [0.05, 0.1) is 0 Å². The van der Waals surface area contributed by atoms with Crippen LogP contribution in [0.15, 0.2) is 29.3 Å². The van der Waals surface area contributed by atoms with E-state index in [1.54, 1.807) is 14.0 Å². The van der Waals surface area contributed by atoms with Crippen LogP contribution in [0, 0.1) is 0 Å². The highest BCUT2D eigenvalue weighted by Crippen LogP contribution is 2.07. The molecule has 5 heteroatoms. The van der Waals surface area contributed by atoms with Gasteiger partial charge >= 0.3 is 0 Å². The number of aromatic nitrogens is 3. The maximum atomic E-state index is 5.31. The van der Waals surface area contributed by atoms with E-state index in [4.69, 9.17) is 4.84 Å². The molecule has 14 heavy (non-hydrogen) atoms. The van der Waals surface area contributed by atoms with Gasteiger partial charge in [0.25, 0.3) is 0 Å². The summed E-state index contributed by atoms with van der Waals surface area (Å²) in [4.78, 5) is 10.5. The summed E-state index contributed by atoms with van der Waals surface area (Å²) in [6.45, 7) is 1.76. The van der Waals surface area contributed by atoms with Gasteiger partial charge < -0.3 is 4.84 Å². The van der Waals surface area contributed by atoms with E-state index in [1.165, 1.54) is 4.85 Å². The number of benzene rings is 1. The van der Waals surface area contributed by atoms with Crippen molar-refractivity contribution in [1.82, 2.24) is 15.2 Å². The van der Waals surface area contributed by atoms with Crippen molar-refractivity contribution in [1.29, 1.82) is 0 Å². The predicted molar refractivity (Wildman–Crippen MR) is 53.1 cm³/mol. The zero-order valence-electron chi connectivity index (χ0n) is 8.01. The third-order valence-electron chi connectivity index (χ3n) is 1.85. The molecule has 5 nitrogen and oxygen atoms in total. The fourth-order valence-corrected chi connectivity index (χ4v) is 1.08. The van der Waals surface area contributed by atoms with Crippen molar-refractivity contribution in [3.8, 4) is 0 Å². The van der Waals surface area contributed by atoms with Crippen LogP contribution >= 0.6 is 0 Å². The highest BCUT2D eigenvalue weighted by atomic mass is 16.7. The zero-order valence-corrected chi connectivity index (χ0v) is 8.01. The SMILES string of the molecule is CN=C(C)On1nnc2ccccc21. The molecule has 1 aromatic carbocycles. The standard InChI is InChI=1S/C9H10N4O/c1-7(10-2)14-13-9-6-4-3-5-8(9)11-12-13/h3-6H,1-2H3. The highest BCUT2D eigenvalue weighted by Gasteiger charge is 2.04. The molecule has 2 aromatic rings. The van der Waals surface area contributed by atoms with Gasteiger partial charge in [0.2, 0.25) is 5.90 Å². The van der Waals surface area contributed by atoms with Crippen LogP contribution in [0.2, 0.25) is 0 Å². The second-order valence-corrected chi connectivity index (χ2v) is 2.79. The lowest BCUT2D eigenvalue weighted by Crippen LogP contribution is -2.18. The quantitative estimate of drug-likeness (QED) is 0.496. The smallest absolute Gasteiger partial charge is 0.216 e. The van der Waals surface area contributed by atoms with E-state index in [0.29, 0.717) is 5.90 Å². The summed E-state index contributed by atoms with van der Waals surface area (Å²) in [6.07, 6.45) is 0. The molecule has 0 N–H and O–H groups in total. The zero-order chi connectivity index (χ0) is 9.97. The van der Waals surface area contributed by atoms with Crippen LogP contribution < -0.4 is 4.84 Å². The fraction of sp³-hybridized carbons (Fsp3) is 0.222. The number of nitrogens with zero attached hydrogens (tertiary/aromatic N) is 4. The van der Waals surface area contributed by atoms with Gasteiger partial charge in [0.15, 0.2) is 0 Å². The molecule has 0 radical (unpaired) electrons. The highest BCUT2D eigenvalue weighted by molar-refractivity contribution is 5.76. The Balaban J connectivity index is 2.43. The van der Waals surface area contributed by atoms with Crippen LogP contribution in [0.3, 0.4) is 0 Å². The molecule has 0 saturated carbocycles. The molecule has 0 unspecified atom stereocenters. The number of aliphatic imine (C=N–C) groups is 1. The number of hydrogen-bond acceptors (Lipinski definition) is 4. The second-order valence-electron chi connectivity index (χ2n) is 2.79. The summed E-state index contributed by atoms with van der Waals surface area (Å²) in [7, 11) is 1.66. The molecule has 0 saturated heterocycles. The monoisotopic (exact) mass is 190 g/mol. The van der Waals surface area contributed by atoms with E-state index in [9.17, 15) is 0 Å². The first-order chi connectivity index (χ1) is 6.81. The Bertz CT molecular complexity index is 474. The Morgan fingerprint density at radius 3 is 3.00 bits per heavy atom. The van der Waals surface area contributed by atoms with Gasteiger partial charge in [0.1, 0.15) is 11.0 Å². The first-order valence-corrected chi connectivity index (χ1v) is 4.23. The van der Waals surface area contributed by atoms with E-state index in [2.05, 4.69) is 15.3 Å². The normalized spacial score (nSPS) is 12.0. The lowest BCUT2D eigenvalue weighted by molar-refractivity contribution is 0.224. The molecular weight excluding hydrogens is 180 g/mol. The summed E-state index contributed by atoms with van der Waals surface area (Å²) < 4.78 is 0. The molecule has 72 valence electrons.